The van der Waals surface area contributed by atoms with Crippen molar-refractivity contribution < 1.29 is 4.74 Å². The van der Waals surface area contributed by atoms with Gasteiger partial charge in [-0.1, -0.05) is 30.3 Å². The smallest absolute Gasteiger partial charge is 0.191 e. The van der Waals surface area contributed by atoms with Gasteiger partial charge in [0.25, 0.3) is 0 Å². The van der Waals surface area contributed by atoms with Gasteiger partial charge < -0.3 is 15.4 Å². The number of rotatable bonds is 9. The van der Waals surface area contributed by atoms with Crippen LogP contribution < -0.4 is 10.6 Å². The number of nitrogens with zero attached hydrogens (tertiary/aromatic N) is 1. The summed E-state index contributed by atoms with van der Waals surface area (Å²) in [4.78, 5) is 4.63. The maximum atomic E-state index is 5.05. The molecule has 0 aromatic heterocycles. The van der Waals surface area contributed by atoms with Gasteiger partial charge in [0.15, 0.2) is 5.96 Å². The molecule has 1 unspecified atom stereocenters. The first-order chi connectivity index (χ1) is 10.3. The molecule has 0 amide bonds. The predicted octanol–water partition coefficient (Wildman–Crippen LogP) is 3.74. The van der Waals surface area contributed by atoms with Crippen LogP contribution in [0.2, 0.25) is 0 Å². The van der Waals surface area contributed by atoms with E-state index in [2.05, 4.69) is 53.7 Å². The van der Waals surface area contributed by atoms with Gasteiger partial charge in [-0.15, -0.1) is 24.0 Å². The minimum atomic E-state index is 0. The van der Waals surface area contributed by atoms with Gasteiger partial charge >= 0.3 is 0 Å². The third-order valence-corrected chi connectivity index (χ3v) is 3.27. The molecule has 0 bridgehead atoms. The number of hydrogen-bond acceptors (Lipinski definition) is 2. The number of nitrogens with one attached hydrogen (secondary N) is 2. The predicted molar refractivity (Wildman–Crippen MR) is 105 cm³/mol. The highest BCUT2D eigenvalue weighted by Gasteiger charge is 2.06. The molecule has 0 radical (unpaired) electrons. The average molecular weight is 419 g/mol. The number of hydrogen-bond donors (Lipinski definition) is 2. The van der Waals surface area contributed by atoms with Gasteiger partial charge in [0.2, 0.25) is 0 Å². The van der Waals surface area contributed by atoms with Crippen LogP contribution >= 0.6 is 24.0 Å². The van der Waals surface area contributed by atoms with Crippen LogP contribution in [-0.4, -0.2) is 32.8 Å². The summed E-state index contributed by atoms with van der Waals surface area (Å²) < 4.78 is 5.05. The highest BCUT2D eigenvalue weighted by Crippen LogP contribution is 2.10. The van der Waals surface area contributed by atoms with E-state index in [4.69, 9.17) is 4.74 Å². The van der Waals surface area contributed by atoms with Gasteiger partial charge in [-0.3, -0.25) is 4.99 Å². The van der Waals surface area contributed by atoms with Crippen molar-refractivity contribution in [2.24, 2.45) is 4.99 Å². The summed E-state index contributed by atoms with van der Waals surface area (Å²) in [5, 5.41) is 6.75. The number of methoxy groups -OCH3 is 1. The molecule has 4 nitrogen and oxygen atoms in total. The maximum Gasteiger partial charge on any atom is 0.191 e. The molecule has 2 N–H and O–H groups in total. The second kappa shape index (κ2) is 13.8. The van der Waals surface area contributed by atoms with Gasteiger partial charge in [-0.25, -0.2) is 0 Å². The quantitative estimate of drug-likeness (QED) is 0.278. The molecule has 0 fully saturated rings. The van der Waals surface area contributed by atoms with E-state index in [0.29, 0.717) is 0 Å². The van der Waals surface area contributed by atoms with Crippen LogP contribution in [0.15, 0.2) is 35.3 Å². The number of guanidine groups is 1. The number of benzene rings is 1. The van der Waals surface area contributed by atoms with E-state index in [1.54, 1.807) is 7.11 Å². The standard InChI is InChI=1S/C17H29N3O.HI/c1-4-18-17(19-13-9-6-10-14-21-3)20-15(2)16-11-7-5-8-12-16;/h5,7-8,11-12,15H,4,6,9-10,13-14H2,1-3H3,(H2,18,19,20);1H. The molecular weight excluding hydrogens is 389 g/mol. The summed E-state index contributed by atoms with van der Waals surface area (Å²) in [5.41, 5.74) is 1.27. The molecule has 0 saturated heterocycles. The van der Waals surface area contributed by atoms with Crippen LogP contribution in [0.1, 0.15) is 44.7 Å². The highest BCUT2D eigenvalue weighted by molar-refractivity contribution is 14.0. The normalized spacial score (nSPS) is 12.4. The number of aliphatic imine (C=N–C) groups is 1. The monoisotopic (exact) mass is 419 g/mol. The van der Waals surface area contributed by atoms with Crippen molar-refractivity contribution in [3.63, 3.8) is 0 Å². The highest BCUT2D eigenvalue weighted by atomic mass is 127. The topological polar surface area (TPSA) is 45.7 Å². The van der Waals surface area contributed by atoms with Crippen LogP contribution in [0.3, 0.4) is 0 Å². The number of halogens is 1. The van der Waals surface area contributed by atoms with Gasteiger partial charge in [0, 0.05) is 26.8 Å². The molecule has 0 spiro atoms. The molecule has 0 heterocycles. The first-order valence-electron chi connectivity index (χ1n) is 7.86. The Morgan fingerprint density at radius 1 is 1.18 bits per heavy atom. The van der Waals surface area contributed by atoms with Gasteiger partial charge in [0.05, 0.1) is 6.04 Å². The minimum absolute atomic E-state index is 0. The number of ether oxygens (including phenoxy) is 1. The van der Waals surface area contributed by atoms with Crippen molar-refractivity contribution in [2.75, 3.05) is 26.8 Å². The second-order valence-corrected chi connectivity index (χ2v) is 5.09. The average Bonchev–Trinajstić information content (AvgIpc) is 2.51. The van der Waals surface area contributed by atoms with E-state index in [-0.39, 0.29) is 30.0 Å². The molecule has 0 aliphatic carbocycles. The van der Waals surface area contributed by atoms with Crippen LogP contribution in [-0.2, 0) is 4.74 Å². The zero-order valence-corrected chi connectivity index (χ0v) is 16.3. The van der Waals surface area contributed by atoms with E-state index >= 15 is 0 Å². The molecule has 1 atom stereocenters. The van der Waals surface area contributed by atoms with Crippen LogP contribution in [0.25, 0.3) is 0 Å². The Hall–Kier alpha value is -0.820. The largest absolute Gasteiger partial charge is 0.385 e. The third kappa shape index (κ3) is 9.25. The van der Waals surface area contributed by atoms with Crippen molar-refractivity contribution in [1.29, 1.82) is 0 Å². The number of unbranched alkanes of at least 4 members (excludes halogenated alkanes) is 2. The van der Waals surface area contributed by atoms with Gasteiger partial charge in [-0.05, 0) is 38.7 Å². The third-order valence-electron chi connectivity index (χ3n) is 3.27. The van der Waals surface area contributed by atoms with Crippen LogP contribution in [0, 0.1) is 0 Å². The molecule has 1 rings (SSSR count). The van der Waals surface area contributed by atoms with E-state index in [1.165, 1.54) is 5.56 Å². The molecular formula is C17H30IN3O. The molecule has 0 aliphatic rings. The van der Waals surface area contributed by atoms with Crippen molar-refractivity contribution >= 4 is 29.9 Å². The summed E-state index contributed by atoms with van der Waals surface area (Å²) in [7, 11) is 1.75. The Kier molecular flexibility index (Phi) is 13.3. The van der Waals surface area contributed by atoms with Gasteiger partial charge in [-0.2, -0.15) is 0 Å². The summed E-state index contributed by atoms with van der Waals surface area (Å²) >= 11 is 0. The Morgan fingerprint density at radius 3 is 2.55 bits per heavy atom. The molecule has 1 aromatic carbocycles. The summed E-state index contributed by atoms with van der Waals surface area (Å²) in [6, 6.07) is 10.7. The Morgan fingerprint density at radius 2 is 1.91 bits per heavy atom. The van der Waals surface area contributed by atoms with E-state index in [9.17, 15) is 0 Å². The van der Waals surface area contributed by atoms with Crippen LogP contribution in [0.5, 0.6) is 0 Å². The first kappa shape index (κ1) is 21.2. The Labute approximate surface area is 152 Å². The molecule has 1 aromatic rings. The van der Waals surface area contributed by atoms with E-state index in [1.807, 2.05) is 6.07 Å². The lowest BCUT2D eigenvalue weighted by Crippen LogP contribution is -2.38. The lowest BCUT2D eigenvalue weighted by atomic mass is 10.1. The fourth-order valence-corrected chi connectivity index (χ4v) is 2.08. The van der Waals surface area contributed by atoms with Gasteiger partial charge in [0.1, 0.15) is 0 Å². The minimum Gasteiger partial charge on any atom is -0.385 e. The molecule has 5 heteroatoms. The Bertz CT molecular complexity index is 398. The molecule has 0 saturated carbocycles. The lowest BCUT2D eigenvalue weighted by Gasteiger charge is -2.18. The van der Waals surface area contributed by atoms with E-state index in [0.717, 1.165) is 44.9 Å². The first-order valence-corrected chi connectivity index (χ1v) is 7.86. The molecule has 22 heavy (non-hydrogen) atoms. The Balaban J connectivity index is 0.00000441. The fourth-order valence-electron chi connectivity index (χ4n) is 2.08. The van der Waals surface area contributed by atoms with Crippen molar-refractivity contribution in [3.05, 3.63) is 35.9 Å². The van der Waals surface area contributed by atoms with Crippen molar-refractivity contribution in [2.45, 2.75) is 39.2 Å². The van der Waals surface area contributed by atoms with Crippen molar-refractivity contribution in [1.82, 2.24) is 10.6 Å². The summed E-state index contributed by atoms with van der Waals surface area (Å²) in [6.45, 7) is 6.80. The zero-order valence-electron chi connectivity index (χ0n) is 14.0. The summed E-state index contributed by atoms with van der Waals surface area (Å²) in [6.07, 6.45) is 3.36. The molecule has 126 valence electrons. The summed E-state index contributed by atoms with van der Waals surface area (Å²) in [5.74, 6) is 0.889. The second-order valence-electron chi connectivity index (χ2n) is 5.09. The SMILES string of the molecule is CCNC(=NCCCCCOC)NC(C)c1ccccc1.I. The molecule has 0 aliphatic heterocycles. The maximum absolute atomic E-state index is 5.05. The van der Waals surface area contributed by atoms with E-state index < -0.39 is 0 Å². The van der Waals surface area contributed by atoms with Crippen molar-refractivity contribution in [3.8, 4) is 0 Å². The lowest BCUT2D eigenvalue weighted by molar-refractivity contribution is 0.192. The fraction of sp³-hybridized carbons (Fsp3) is 0.588. The van der Waals surface area contributed by atoms with Crippen LogP contribution in [0.4, 0.5) is 0 Å². The zero-order chi connectivity index (χ0) is 15.3.